The van der Waals surface area contributed by atoms with Gasteiger partial charge < -0.3 is 19.1 Å². The lowest BCUT2D eigenvalue weighted by molar-refractivity contribution is -0.123. The molecule has 2 aromatic rings. The zero-order valence-electron chi connectivity index (χ0n) is 14.1. The van der Waals surface area contributed by atoms with Crippen LogP contribution in [0.4, 0.5) is 5.69 Å². The summed E-state index contributed by atoms with van der Waals surface area (Å²) in [5, 5.41) is 0. The zero-order chi connectivity index (χ0) is 17.2. The molecule has 0 heterocycles. The molecule has 0 aromatic heterocycles. The molecule has 1 amide bonds. The van der Waals surface area contributed by atoms with E-state index in [0.29, 0.717) is 19.8 Å². The van der Waals surface area contributed by atoms with Crippen molar-refractivity contribution in [2.75, 3.05) is 38.9 Å². The molecule has 0 radical (unpaired) electrons. The first-order chi connectivity index (χ1) is 11.7. The van der Waals surface area contributed by atoms with E-state index in [1.54, 1.807) is 19.1 Å². The summed E-state index contributed by atoms with van der Waals surface area (Å²) in [5.74, 6) is 0.655. The van der Waals surface area contributed by atoms with E-state index in [0.717, 1.165) is 17.0 Å². The summed E-state index contributed by atoms with van der Waals surface area (Å²) >= 11 is 0. The highest BCUT2D eigenvalue weighted by atomic mass is 16.5. The van der Waals surface area contributed by atoms with E-state index in [4.69, 9.17) is 14.2 Å². The maximum absolute atomic E-state index is 12.6. The Morgan fingerprint density at radius 2 is 1.67 bits per heavy atom. The first-order valence-electron chi connectivity index (χ1n) is 7.79. The van der Waals surface area contributed by atoms with E-state index < -0.39 is 0 Å². The van der Waals surface area contributed by atoms with Gasteiger partial charge in [-0.15, -0.1) is 0 Å². The standard InChI is InChI=1S/C19H23NO4/c1-22-12-13-24-15-19(21)20(14-16-6-4-3-5-7-16)17-8-10-18(23-2)11-9-17/h3-11H,12-15H2,1-2H3. The highest BCUT2D eigenvalue weighted by molar-refractivity contribution is 5.94. The number of ether oxygens (including phenoxy) is 3. The van der Waals surface area contributed by atoms with Crippen molar-refractivity contribution >= 4 is 11.6 Å². The topological polar surface area (TPSA) is 48.0 Å². The summed E-state index contributed by atoms with van der Waals surface area (Å²) in [5.41, 5.74) is 1.86. The van der Waals surface area contributed by atoms with E-state index in [1.807, 2.05) is 54.6 Å². The van der Waals surface area contributed by atoms with Crippen LogP contribution < -0.4 is 9.64 Å². The van der Waals surface area contributed by atoms with E-state index in [1.165, 1.54) is 0 Å². The van der Waals surface area contributed by atoms with Gasteiger partial charge in [-0.2, -0.15) is 0 Å². The first kappa shape index (κ1) is 18.0. The molecule has 0 saturated heterocycles. The number of methoxy groups -OCH3 is 2. The van der Waals surface area contributed by atoms with Crippen molar-refractivity contribution in [3.8, 4) is 5.75 Å². The van der Waals surface area contributed by atoms with Gasteiger partial charge in [-0.3, -0.25) is 4.79 Å². The van der Waals surface area contributed by atoms with Crippen LogP contribution in [0.15, 0.2) is 54.6 Å². The fourth-order valence-corrected chi connectivity index (χ4v) is 2.23. The monoisotopic (exact) mass is 329 g/mol. The van der Waals surface area contributed by atoms with Crippen LogP contribution in [-0.2, 0) is 20.8 Å². The summed E-state index contributed by atoms with van der Waals surface area (Å²) < 4.78 is 15.5. The molecule has 0 N–H and O–H groups in total. The lowest BCUT2D eigenvalue weighted by Gasteiger charge is -2.23. The lowest BCUT2D eigenvalue weighted by Crippen LogP contribution is -2.34. The first-order valence-corrected chi connectivity index (χ1v) is 7.79. The Hall–Kier alpha value is -2.37. The number of hydrogen-bond acceptors (Lipinski definition) is 4. The summed E-state index contributed by atoms with van der Waals surface area (Å²) in [7, 11) is 3.22. The third-order valence-corrected chi connectivity index (χ3v) is 3.53. The van der Waals surface area contributed by atoms with Crippen molar-refractivity contribution in [2.45, 2.75) is 6.54 Å². The number of carbonyl (C=O) groups excluding carboxylic acids is 1. The summed E-state index contributed by atoms with van der Waals surface area (Å²) in [4.78, 5) is 14.3. The van der Waals surface area contributed by atoms with Crippen molar-refractivity contribution in [1.29, 1.82) is 0 Å². The molecule has 0 bridgehead atoms. The fraction of sp³-hybridized carbons (Fsp3) is 0.316. The molecule has 0 aliphatic carbocycles. The van der Waals surface area contributed by atoms with Gasteiger partial charge in [0.2, 0.25) is 0 Å². The molecule has 5 nitrogen and oxygen atoms in total. The van der Waals surface area contributed by atoms with Crippen LogP contribution in [-0.4, -0.2) is 39.9 Å². The molecule has 0 fully saturated rings. The molecule has 0 unspecified atom stereocenters. The summed E-state index contributed by atoms with van der Waals surface area (Å²) in [6.45, 7) is 1.36. The smallest absolute Gasteiger partial charge is 0.253 e. The lowest BCUT2D eigenvalue weighted by atomic mass is 10.2. The Kier molecular flexibility index (Phi) is 7.26. The van der Waals surface area contributed by atoms with Crippen LogP contribution in [0.25, 0.3) is 0 Å². The minimum absolute atomic E-state index is 0.0161. The Balaban J connectivity index is 2.12. The molecular weight excluding hydrogens is 306 g/mol. The van der Waals surface area contributed by atoms with Crippen molar-refractivity contribution in [1.82, 2.24) is 0 Å². The Morgan fingerprint density at radius 3 is 2.29 bits per heavy atom. The van der Waals surface area contributed by atoms with Crippen LogP contribution in [0.3, 0.4) is 0 Å². The van der Waals surface area contributed by atoms with Gasteiger partial charge in [0, 0.05) is 12.8 Å². The minimum atomic E-state index is -0.0971. The van der Waals surface area contributed by atoms with Crippen LogP contribution in [0.1, 0.15) is 5.56 Å². The predicted molar refractivity (Wildman–Crippen MR) is 93.3 cm³/mol. The average molecular weight is 329 g/mol. The molecule has 24 heavy (non-hydrogen) atoms. The van der Waals surface area contributed by atoms with Gasteiger partial charge >= 0.3 is 0 Å². The normalized spacial score (nSPS) is 10.4. The van der Waals surface area contributed by atoms with Crippen molar-refractivity contribution in [2.24, 2.45) is 0 Å². The second-order valence-corrected chi connectivity index (χ2v) is 5.21. The van der Waals surface area contributed by atoms with Gasteiger partial charge in [0.1, 0.15) is 12.4 Å². The van der Waals surface area contributed by atoms with Gasteiger partial charge in [0.15, 0.2) is 0 Å². The maximum atomic E-state index is 12.6. The molecule has 5 heteroatoms. The summed E-state index contributed by atoms with van der Waals surface area (Å²) in [6.07, 6.45) is 0. The van der Waals surface area contributed by atoms with Gasteiger partial charge in [-0.1, -0.05) is 30.3 Å². The van der Waals surface area contributed by atoms with E-state index >= 15 is 0 Å². The number of hydrogen-bond donors (Lipinski definition) is 0. The second-order valence-electron chi connectivity index (χ2n) is 5.21. The third-order valence-electron chi connectivity index (χ3n) is 3.53. The van der Waals surface area contributed by atoms with Crippen molar-refractivity contribution < 1.29 is 19.0 Å². The molecule has 0 atom stereocenters. The molecule has 128 valence electrons. The van der Waals surface area contributed by atoms with Crippen LogP contribution in [0, 0.1) is 0 Å². The largest absolute Gasteiger partial charge is 0.497 e. The molecule has 0 aliphatic rings. The third kappa shape index (κ3) is 5.37. The number of benzene rings is 2. The molecular formula is C19H23NO4. The number of anilines is 1. The Bertz CT molecular complexity index is 613. The molecule has 0 saturated carbocycles. The van der Waals surface area contributed by atoms with E-state index in [2.05, 4.69) is 0 Å². The quantitative estimate of drug-likeness (QED) is 0.664. The zero-order valence-corrected chi connectivity index (χ0v) is 14.1. The van der Waals surface area contributed by atoms with Crippen molar-refractivity contribution in [3.05, 3.63) is 60.2 Å². The predicted octanol–water partition coefficient (Wildman–Crippen LogP) is 2.89. The maximum Gasteiger partial charge on any atom is 0.253 e. The minimum Gasteiger partial charge on any atom is -0.497 e. The highest BCUT2D eigenvalue weighted by Gasteiger charge is 2.16. The van der Waals surface area contributed by atoms with Gasteiger partial charge in [-0.25, -0.2) is 0 Å². The fourth-order valence-electron chi connectivity index (χ4n) is 2.23. The highest BCUT2D eigenvalue weighted by Crippen LogP contribution is 2.21. The van der Waals surface area contributed by atoms with Gasteiger partial charge in [0.25, 0.3) is 5.91 Å². The van der Waals surface area contributed by atoms with Crippen LogP contribution in [0.2, 0.25) is 0 Å². The van der Waals surface area contributed by atoms with Crippen LogP contribution >= 0.6 is 0 Å². The number of rotatable bonds is 9. The SMILES string of the molecule is COCCOCC(=O)N(Cc1ccccc1)c1ccc(OC)cc1. The number of carbonyl (C=O) groups is 1. The van der Waals surface area contributed by atoms with E-state index in [9.17, 15) is 4.79 Å². The Morgan fingerprint density at radius 1 is 0.958 bits per heavy atom. The average Bonchev–Trinajstić information content (AvgIpc) is 2.64. The number of amides is 1. The van der Waals surface area contributed by atoms with Crippen molar-refractivity contribution in [3.63, 3.8) is 0 Å². The molecule has 2 aromatic carbocycles. The van der Waals surface area contributed by atoms with Crippen LogP contribution in [0.5, 0.6) is 5.75 Å². The molecule has 0 spiro atoms. The molecule has 2 rings (SSSR count). The van der Waals surface area contributed by atoms with E-state index in [-0.39, 0.29) is 12.5 Å². The number of nitrogens with zero attached hydrogens (tertiary/aromatic N) is 1. The Labute approximate surface area is 142 Å². The van der Waals surface area contributed by atoms with Gasteiger partial charge in [0.05, 0.1) is 26.9 Å². The molecule has 0 aliphatic heterocycles. The second kappa shape index (κ2) is 9.70. The van der Waals surface area contributed by atoms with Gasteiger partial charge in [-0.05, 0) is 29.8 Å². The summed E-state index contributed by atoms with van der Waals surface area (Å²) in [6, 6.07) is 17.3.